The summed E-state index contributed by atoms with van der Waals surface area (Å²) in [6.45, 7) is 3.62. The van der Waals surface area contributed by atoms with Crippen molar-refractivity contribution < 1.29 is 4.39 Å². The van der Waals surface area contributed by atoms with Crippen molar-refractivity contribution in [2.75, 3.05) is 11.1 Å². The standard InChI is InChI=1S/C12H12ClFN4/c1-6-7(2)17-12(11(15)16-6)18-10-4-3-8(13)5-9(10)14/h3-5H,1-2H3,(H2,15,16)(H,17,18). The van der Waals surface area contributed by atoms with E-state index in [2.05, 4.69) is 15.3 Å². The van der Waals surface area contributed by atoms with Crippen molar-refractivity contribution in [3.05, 3.63) is 40.4 Å². The lowest BCUT2D eigenvalue weighted by Crippen LogP contribution is -2.06. The van der Waals surface area contributed by atoms with Crippen LogP contribution in [0.2, 0.25) is 5.02 Å². The fourth-order valence-electron chi connectivity index (χ4n) is 1.43. The Morgan fingerprint density at radius 3 is 2.56 bits per heavy atom. The van der Waals surface area contributed by atoms with Crippen LogP contribution in [-0.2, 0) is 0 Å². The number of hydrogen-bond donors (Lipinski definition) is 2. The molecule has 0 aliphatic heterocycles. The summed E-state index contributed by atoms with van der Waals surface area (Å²) in [4.78, 5) is 8.35. The number of nitrogens with two attached hydrogens (primary N) is 1. The van der Waals surface area contributed by atoms with Crippen LogP contribution in [0.25, 0.3) is 0 Å². The maximum Gasteiger partial charge on any atom is 0.173 e. The molecule has 0 radical (unpaired) electrons. The van der Waals surface area contributed by atoms with Crippen LogP contribution in [-0.4, -0.2) is 9.97 Å². The Hall–Kier alpha value is -1.88. The van der Waals surface area contributed by atoms with Gasteiger partial charge in [-0.25, -0.2) is 14.4 Å². The predicted octanol–water partition coefficient (Wildman–Crippen LogP) is 3.21. The third kappa shape index (κ3) is 2.51. The minimum absolute atomic E-state index is 0.229. The number of nitrogens with one attached hydrogen (secondary N) is 1. The maximum absolute atomic E-state index is 13.6. The van der Waals surface area contributed by atoms with E-state index in [0.717, 1.165) is 11.4 Å². The number of rotatable bonds is 2. The molecule has 0 bridgehead atoms. The number of nitrogen functional groups attached to an aromatic ring is 1. The second-order valence-electron chi connectivity index (χ2n) is 3.88. The van der Waals surface area contributed by atoms with Crippen molar-refractivity contribution in [1.82, 2.24) is 9.97 Å². The molecule has 6 heteroatoms. The van der Waals surface area contributed by atoms with E-state index in [-0.39, 0.29) is 11.5 Å². The molecule has 0 unspecified atom stereocenters. The Balaban J connectivity index is 2.37. The summed E-state index contributed by atoms with van der Waals surface area (Å²) in [7, 11) is 0. The highest BCUT2D eigenvalue weighted by molar-refractivity contribution is 6.30. The van der Waals surface area contributed by atoms with Crippen LogP contribution in [0.15, 0.2) is 18.2 Å². The molecule has 94 valence electrons. The van der Waals surface area contributed by atoms with Crippen molar-refractivity contribution >= 4 is 28.9 Å². The topological polar surface area (TPSA) is 63.8 Å². The molecule has 0 aliphatic carbocycles. The normalized spacial score (nSPS) is 10.4. The quantitative estimate of drug-likeness (QED) is 0.876. The average Bonchev–Trinajstić information content (AvgIpc) is 2.29. The molecule has 0 aliphatic rings. The maximum atomic E-state index is 13.6. The first-order valence-electron chi connectivity index (χ1n) is 5.30. The van der Waals surface area contributed by atoms with Gasteiger partial charge in [-0.3, -0.25) is 0 Å². The van der Waals surface area contributed by atoms with Crippen molar-refractivity contribution in [3.63, 3.8) is 0 Å². The second-order valence-corrected chi connectivity index (χ2v) is 4.31. The molecule has 0 spiro atoms. The highest BCUT2D eigenvalue weighted by atomic mass is 35.5. The third-order valence-electron chi connectivity index (χ3n) is 2.52. The minimum atomic E-state index is -0.470. The molecular formula is C12H12ClFN4. The molecule has 2 aromatic rings. The van der Waals surface area contributed by atoms with E-state index < -0.39 is 5.82 Å². The zero-order valence-corrected chi connectivity index (χ0v) is 10.7. The van der Waals surface area contributed by atoms with Gasteiger partial charge in [0, 0.05) is 5.02 Å². The van der Waals surface area contributed by atoms with Crippen molar-refractivity contribution in [3.8, 4) is 0 Å². The van der Waals surface area contributed by atoms with E-state index in [1.54, 1.807) is 6.07 Å². The third-order valence-corrected chi connectivity index (χ3v) is 2.75. The van der Waals surface area contributed by atoms with Gasteiger partial charge in [0.15, 0.2) is 11.6 Å². The van der Waals surface area contributed by atoms with E-state index in [9.17, 15) is 4.39 Å². The molecule has 1 heterocycles. The Kier molecular flexibility index (Phi) is 3.34. The van der Waals surface area contributed by atoms with Gasteiger partial charge in [-0.05, 0) is 32.0 Å². The number of nitrogens with zero attached hydrogens (tertiary/aromatic N) is 2. The highest BCUT2D eigenvalue weighted by Gasteiger charge is 2.09. The van der Waals surface area contributed by atoms with Crippen molar-refractivity contribution in [2.45, 2.75) is 13.8 Å². The summed E-state index contributed by atoms with van der Waals surface area (Å²) < 4.78 is 13.6. The fourth-order valence-corrected chi connectivity index (χ4v) is 1.59. The van der Waals surface area contributed by atoms with Gasteiger partial charge in [0.05, 0.1) is 17.1 Å². The Labute approximate surface area is 109 Å². The summed E-state index contributed by atoms with van der Waals surface area (Å²) >= 11 is 5.68. The van der Waals surface area contributed by atoms with Gasteiger partial charge >= 0.3 is 0 Å². The first kappa shape index (κ1) is 12.6. The first-order chi connectivity index (χ1) is 8.47. The molecule has 0 amide bonds. The molecule has 3 N–H and O–H groups in total. The monoisotopic (exact) mass is 266 g/mol. The SMILES string of the molecule is Cc1nc(N)c(Nc2ccc(Cl)cc2F)nc1C. The molecule has 18 heavy (non-hydrogen) atoms. The van der Waals surface area contributed by atoms with Crippen LogP contribution in [0.1, 0.15) is 11.4 Å². The van der Waals surface area contributed by atoms with E-state index in [4.69, 9.17) is 17.3 Å². The van der Waals surface area contributed by atoms with Gasteiger partial charge in [-0.1, -0.05) is 11.6 Å². The van der Waals surface area contributed by atoms with Crippen LogP contribution in [0, 0.1) is 19.7 Å². The summed E-state index contributed by atoms with van der Waals surface area (Å²) in [6, 6.07) is 4.32. The van der Waals surface area contributed by atoms with Gasteiger partial charge in [0.25, 0.3) is 0 Å². The lowest BCUT2D eigenvalue weighted by molar-refractivity contribution is 0.632. The van der Waals surface area contributed by atoms with Crippen LogP contribution >= 0.6 is 11.6 Å². The number of aromatic nitrogens is 2. The van der Waals surface area contributed by atoms with E-state index in [1.807, 2.05) is 13.8 Å². The molecule has 0 atom stereocenters. The number of hydrogen-bond acceptors (Lipinski definition) is 4. The van der Waals surface area contributed by atoms with Crippen LogP contribution in [0.4, 0.5) is 21.7 Å². The van der Waals surface area contributed by atoms with E-state index in [0.29, 0.717) is 10.8 Å². The first-order valence-corrected chi connectivity index (χ1v) is 5.68. The summed E-state index contributed by atoms with van der Waals surface area (Å²) in [5.74, 6) is 0.0914. The molecular weight excluding hydrogens is 255 g/mol. The molecule has 1 aromatic heterocycles. The number of halogens is 2. The summed E-state index contributed by atoms with van der Waals surface area (Å²) in [6.07, 6.45) is 0. The van der Waals surface area contributed by atoms with E-state index in [1.165, 1.54) is 12.1 Å². The lowest BCUT2D eigenvalue weighted by Gasteiger charge is -2.10. The second kappa shape index (κ2) is 4.78. The fraction of sp³-hybridized carbons (Fsp3) is 0.167. The van der Waals surface area contributed by atoms with E-state index >= 15 is 0 Å². The Morgan fingerprint density at radius 2 is 1.89 bits per heavy atom. The zero-order chi connectivity index (χ0) is 13.3. The van der Waals surface area contributed by atoms with Crippen LogP contribution in [0.3, 0.4) is 0 Å². The van der Waals surface area contributed by atoms with Crippen LogP contribution < -0.4 is 11.1 Å². The molecule has 0 saturated carbocycles. The predicted molar refractivity (Wildman–Crippen MR) is 70.6 cm³/mol. The smallest absolute Gasteiger partial charge is 0.173 e. The molecule has 0 fully saturated rings. The molecule has 4 nitrogen and oxygen atoms in total. The summed E-state index contributed by atoms with van der Waals surface area (Å²) in [5.41, 5.74) is 7.47. The number of aryl methyl sites for hydroxylation is 2. The summed E-state index contributed by atoms with van der Waals surface area (Å²) in [5, 5.41) is 3.13. The van der Waals surface area contributed by atoms with Crippen molar-refractivity contribution in [1.29, 1.82) is 0 Å². The van der Waals surface area contributed by atoms with Gasteiger partial charge in [-0.15, -0.1) is 0 Å². The highest BCUT2D eigenvalue weighted by Crippen LogP contribution is 2.24. The Morgan fingerprint density at radius 1 is 1.22 bits per heavy atom. The van der Waals surface area contributed by atoms with Gasteiger partial charge in [0.2, 0.25) is 0 Å². The molecule has 1 aromatic carbocycles. The van der Waals surface area contributed by atoms with Gasteiger partial charge in [0.1, 0.15) is 5.82 Å². The van der Waals surface area contributed by atoms with Gasteiger partial charge in [-0.2, -0.15) is 0 Å². The Bertz CT molecular complexity index is 601. The number of benzene rings is 1. The molecule has 0 saturated heterocycles. The van der Waals surface area contributed by atoms with Gasteiger partial charge < -0.3 is 11.1 Å². The number of anilines is 3. The molecule has 2 rings (SSSR count). The largest absolute Gasteiger partial charge is 0.381 e. The zero-order valence-electron chi connectivity index (χ0n) is 9.96. The lowest BCUT2D eigenvalue weighted by atomic mass is 10.3. The van der Waals surface area contributed by atoms with Crippen molar-refractivity contribution in [2.24, 2.45) is 0 Å². The minimum Gasteiger partial charge on any atom is -0.381 e. The average molecular weight is 267 g/mol. The van der Waals surface area contributed by atoms with Crippen LogP contribution in [0.5, 0.6) is 0 Å².